The zero-order valence-electron chi connectivity index (χ0n) is 11.8. The first-order valence-electron chi connectivity index (χ1n) is 7.47. The van der Waals surface area contributed by atoms with Crippen LogP contribution in [0, 0.1) is 5.92 Å². The first-order chi connectivity index (χ1) is 9.83. The Hall–Kier alpha value is -1.39. The highest BCUT2D eigenvalue weighted by molar-refractivity contribution is 5.78. The van der Waals surface area contributed by atoms with Gasteiger partial charge < -0.3 is 15.0 Å². The van der Waals surface area contributed by atoms with Crippen molar-refractivity contribution in [3.63, 3.8) is 0 Å². The summed E-state index contributed by atoms with van der Waals surface area (Å²) in [4.78, 5) is 14.0. The van der Waals surface area contributed by atoms with Crippen LogP contribution in [0.1, 0.15) is 18.4 Å². The highest BCUT2D eigenvalue weighted by Crippen LogP contribution is 2.23. The molecule has 2 heterocycles. The molecular formula is C16H22N2O2. The molecule has 0 aromatic heterocycles. The van der Waals surface area contributed by atoms with E-state index in [0.717, 1.165) is 32.5 Å². The quantitative estimate of drug-likeness (QED) is 0.906. The van der Waals surface area contributed by atoms with Crippen LogP contribution in [0.2, 0.25) is 0 Å². The van der Waals surface area contributed by atoms with Crippen LogP contribution < -0.4 is 5.32 Å². The molecule has 4 heteroatoms. The van der Waals surface area contributed by atoms with Crippen LogP contribution in [0.15, 0.2) is 30.3 Å². The molecule has 108 valence electrons. The molecule has 1 N–H and O–H groups in total. The minimum absolute atomic E-state index is 0.110. The van der Waals surface area contributed by atoms with Gasteiger partial charge in [-0.2, -0.15) is 0 Å². The molecule has 1 aromatic carbocycles. The summed E-state index contributed by atoms with van der Waals surface area (Å²) >= 11 is 0. The van der Waals surface area contributed by atoms with Gasteiger partial charge in [-0.15, -0.1) is 0 Å². The summed E-state index contributed by atoms with van der Waals surface area (Å²) in [7, 11) is 0. The van der Waals surface area contributed by atoms with E-state index < -0.39 is 0 Å². The van der Waals surface area contributed by atoms with Gasteiger partial charge in [0.1, 0.15) is 6.61 Å². The van der Waals surface area contributed by atoms with E-state index in [1.165, 1.54) is 5.56 Å². The van der Waals surface area contributed by atoms with Crippen LogP contribution in [-0.2, 0) is 16.1 Å². The van der Waals surface area contributed by atoms with Crippen LogP contribution in [-0.4, -0.2) is 43.2 Å². The number of benzene rings is 1. The Morgan fingerprint density at radius 2 is 1.95 bits per heavy atom. The maximum atomic E-state index is 12.0. The molecule has 1 unspecified atom stereocenters. The average Bonchev–Trinajstić information content (AvgIpc) is 2.51. The van der Waals surface area contributed by atoms with E-state index in [9.17, 15) is 4.79 Å². The third kappa shape index (κ3) is 3.19. The number of amides is 1. The number of carbonyl (C=O) groups is 1. The van der Waals surface area contributed by atoms with Crippen LogP contribution in [0.3, 0.4) is 0 Å². The van der Waals surface area contributed by atoms with Crippen molar-refractivity contribution in [2.45, 2.75) is 25.5 Å². The second-order valence-corrected chi connectivity index (χ2v) is 5.70. The lowest BCUT2D eigenvalue weighted by Gasteiger charge is -2.38. The summed E-state index contributed by atoms with van der Waals surface area (Å²) in [6.45, 7) is 3.80. The molecule has 1 atom stereocenters. The molecule has 2 aliphatic rings. The summed E-state index contributed by atoms with van der Waals surface area (Å²) in [5.74, 6) is 0.696. The second-order valence-electron chi connectivity index (χ2n) is 5.70. The van der Waals surface area contributed by atoms with E-state index >= 15 is 0 Å². The Kier molecular flexibility index (Phi) is 4.33. The summed E-state index contributed by atoms with van der Waals surface area (Å²) in [5.41, 5.74) is 1.19. The van der Waals surface area contributed by atoms with E-state index in [0.29, 0.717) is 12.5 Å². The highest BCUT2D eigenvalue weighted by Gasteiger charge is 2.32. The molecule has 1 aromatic rings. The van der Waals surface area contributed by atoms with Gasteiger partial charge in [0.2, 0.25) is 5.91 Å². The van der Waals surface area contributed by atoms with Gasteiger partial charge >= 0.3 is 0 Å². The molecule has 0 saturated carbocycles. The largest absolute Gasteiger partial charge is 0.366 e. The van der Waals surface area contributed by atoms with Crippen molar-refractivity contribution >= 4 is 5.91 Å². The molecule has 0 bridgehead atoms. The monoisotopic (exact) mass is 274 g/mol. The summed E-state index contributed by atoms with van der Waals surface area (Å²) in [6.07, 6.45) is 2.51. The van der Waals surface area contributed by atoms with Crippen molar-refractivity contribution in [3.8, 4) is 0 Å². The molecule has 2 aliphatic heterocycles. The van der Waals surface area contributed by atoms with Gasteiger partial charge in [0.25, 0.3) is 0 Å². The first kappa shape index (κ1) is 13.6. The average molecular weight is 274 g/mol. The number of nitrogens with one attached hydrogen (secondary N) is 1. The number of morpholine rings is 1. The number of ether oxygens (including phenoxy) is 1. The lowest BCUT2D eigenvalue weighted by atomic mass is 9.91. The smallest absolute Gasteiger partial charge is 0.248 e. The normalized spacial score (nSPS) is 24.9. The number of piperidine rings is 1. The first-order valence-corrected chi connectivity index (χ1v) is 7.47. The van der Waals surface area contributed by atoms with Gasteiger partial charge in [0.15, 0.2) is 0 Å². The molecule has 4 nitrogen and oxygen atoms in total. The summed E-state index contributed by atoms with van der Waals surface area (Å²) < 4.78 is 5.78. The Morgan fingerprint density at radius 1 is 1.20 bits per heavy atom. The highest BCUT2D eigenvalue weighted by atomic mass is 16.5. The molecule has 20 heavy (non-hydrogen) atoms. The fourth-order valence-corrected chi connectivity index (χ4v) is 3.10. The Bertz CT molecular complexity index is 443. The Labute approximate surface area is 120 Å². The predicted octanol–water partition coefficient (Wildman–Crippen LogP) is 1.41. The van der Waals surface area contributed by atoms with Gasteiger partial charge in [0, 0.05) is 13.1 Å². The maximum absolute atomic E-state index is 12.0. The number of nitrogens with zero attached hydrogens (tertiary/aromatic N) is 1. The number of hydrogen-bond acceptors (Lipinski definition) is 3. The standard InChI is InChI=1S/C16H22N2O2/c19-16-12-20-15(14-6-8-17-9-7-14)11-18(16)10-13-4-2-1-3-5-13/h1-5,14-15,17H,6-12H2. The zero-order chi connectivity index (χ0) is 13.8. The molecule has 0 radical (unpaired) electrons. The fourth-order valence-electron chi connectivity index (χ4n) is 3.10. The van der Waals surface area contributed by atoms with Gasteiger partial charge in [0.05, 0.1) is 6.10 Å². The minimum atomic E-state index is 0.110. The lowest BCUT2D eigenvalue weighted by Crippen LogP contribution is -2.50. The SMILES string of the molecule is O=C1COC(C2CCNCC2)CN1Cc1ccccc1. The molecule has 0 spiro atoms. The molecule has 3 rings (SSSR count). The van der Waals surface area contributed by atoms with Crippen LogP contribution in [0.25, 0.3) is 0 Å². The minimum Gasteiger partial charge on any atom is -0.366 e. The van der Waals surface area contributed by atoms with Crippen molar-refractivity contribution in [1.82, 2.24) is 10.2 Å². The maximum Gasteiger partial charge on any atom is 0.248 e. The third-order valence-corrected chi connectivity index (χ3v) is 4.30. The number of carbonyl (C=O) groups excluding carboxylic acids is 1. The predicted molar refractivity (Wildman–Crippen MR) is 77.2 cm³/mol. The van der Waals surface area contributed by atoms with Crippen molar-refractivity contribution in [3.05, 3.63) is 35.9 Å². The molecule has 2 saturated heterocycles. The van der Waals surface area contributed by atoms with Crippen molar-refractivity contribution in [2.24, 2.45) is 5.92 Å². The van der Waals surface area contributed by atoms with E-state index in [1.54, 1.807) is 0 Å². The molecular weight excluding hydrogens is 252 g/mol. The van der Waals surface area contributed by atoms with Crippen molar-refractivity contribution in [1.29, 1.82) is 0 Å². The summed E-state index contributed by atoms with van der Waals surface area (Å²) in [5, 5.41) is 3.38. The van der Waals surface area contributed by atoms with Gasteiger partial charge in [-0.25, -0.2) is 0 Å². The van der Waals surface area contributed by atoms with E-state index in [1.807, 2.05) is 23.1 Å². The fraction of sp³-hybridized carbons (Fsp3) is 0.562. The van der Waals surface area contributed by atoms with Gasteiger partial charge in [-0.1, -0.05) is 30.3 Å². The van der Waals surface area contributed by atoms with E-state index in [4.69, 9.17) is 4.74 Å². The zero-order valence-corrected chi connectivity index (χ0v) is 11.8. The second kappa shape index (κ2) is 6.37. The molecule has 2 fully saturated rings. The summed E-state index contributed by atoms with van der Waals surface area (Å²) in [6, 6.07) is 10.2. The van der Waals surface area contributed by atoms with Crippen LogP contribution in [0.5, 0.6) is 0 Å². The Morgan fingerprint density at radius 3 is 2.70 bits per heavy atom. The van der Waals surface area contributed by atoms with Crippen LogP contribution in [0.4, 0.5) is 0 Å². The third-order valence-electron chi connectivity index (χ3n) is 4.30. The van der Waals surface area contributed by atoms with E-state index in [-0.39, 0.29) is 18.6 Å². The number of hydrogen-bond donors (Lipinski definition) is 1. The topological polar surface area (TPSA) is 41.6 Å². The van der Waals surface area contributed by atoms with E-state index in [2.05, 4.69) is 17.4 Å². The Balaban J connectivity index is 1.62. The van der Waals surface area contributed by atoms with Crippen LogP contribution >= 0.6 is 0 Å². The molecule has 0 aliphatic carbocycles. The van der Waals surface area contributed by atoms with Crippen molar-refractivity contribution in [2.75, 3.05) is 26.2 Å². The van der Waals surface area contributed by atoms with Crippen molar-refractivity contribution < 1.29 is 9.53 Å². The lowest BCUT2D eigenvalue weighted by molar-refractivity contribution is -0.153. The van der Waals surface area contributed by atoms with Gasteiger partial charge in [-0.05, 0) is 37.4 Å². The van der Waals surface area contributed by atoms with Gasteiger partial charge in [-0.3, -0.25) is 4.79 Å². The number of rotatable bonds is 3. The molecule has 1 amide bonds.